The second-order valence-electron chi connectivity index (χ2n) is 5.35. The fraction of sp³-hybridized carbons (Fsp3) is 0.143. The molecule has 0 atom stereocenters. The van der Waals surface area contributed by atoms with Crippen molar-refractivity contribution < 1.29 is 4.74 Å². The van der Waals surface area contributed by atoms with E-state index in [1.54, 1.807) is 0 Å². The highest BCUT2D eigenvalue weighted by Crippen LogP contribution is 2.29. The Balaban J connectivity index is 1.91. The van der Waals surface area contributed by atoms with E-state index in [9.17, 15) is 0 Å². The Morgan fingerprint density at radius 3 is 2.05 bits per heavy atom. The standard InChI is InChI=1S/C21H20O/c1-3-22-20-12-9-17(10-13-20)19-11-14-21(16(2)15-19)18-7-5-4-6-8-18/h4-15H,3H2,1-2H3. The molecule has 0 fully saturated rings. The average molecular weight is 288 g/mol. The molecular formula is C21H20O. The summed E-state index contributed by atoms with van der Waals surface area (Å²) in [6.07, 6.45) is 0. The summed E-state index contributed by atoms with van der Waals surface area (Å²) in [4.78, 5) is 0. The van der Waals surface area contributed by atoms with Crippen LogP contribution < -0.4 is 4.74 Å². The molecule has 0 bridgehead atoms. The highest BCUT2D eigenvalue weighted by molar-refractivity contribution is 5.73. The first-order valence-corrected chi connectivity index (χ1v) is 7.67. The molecule has 1 nitrogen and oxygen atoms in total. The lowest BCUT2D eigenvalue weighted by atomic mass is 9.96. The van der Waals surface area contributed by atoms with Gasteiger partial charge >= 0.3 is 0 Å². The van der Waals surface area contributed by atoms with Crippen molar-refractivity contribution in [3.05, 3.63) is 78.4 Å². The van der Waals surface area contributed by atoms with Crippen LogP contribution in [0.2, 0.25) is 0 Å². The van der Waals surface area contributed by atoms with Crippen molar-refractivity contribution in [2.24, 2.45) is 0 Å². The van der Waals surface area contributed by atoms with Crippen molar-refractivity contribution in [2.45, 2.75) is 13.8 Å². The van der Waals surface area contributed by atoms with Crippen LogP contribution in [0, 0.1) is 6.92 Å². The molecule has 0 aliphatic rings. The molecule has 1 heteroatoms. The Morgan fingerprint density at radius 1 is 0.727 bits per heavy atom. The van der Waals surface area contributed by atoms with E-state index in [0.717, 1.165) is 5.75 Å². The van der Waals surface area contributed by atoms with Gasteiger partial charge in [0.2, 0.25) is 0 Å². The van der Waals surface area contributed by atoms with Crippen LogP contribution in [0.3, 0.4) is 0 Å². The van der Waals surface area contributed by atoms with Gasteiger partial charge in [-0.05, 0) is 53.8 Å². The minimum Gasteiger partial charge on any atom is -0.494 e. The largest absolute Gasteiger partial charge is 0.494 e. The zero-order valence-electron chi connectivity index (χ0n) is 13.0. The molecule has 0 amide bonds. The average Bonchev–Trinajstić information content (AvgIpc) is 2.56. The van der Waals surface area contributed by atoms with E-state index in [1.165, 1.54) is 27.8 Å². The summed E-state index contributed by atoms with van der Waals surface area (Å²) in [6.45, 7) is 4.87. The van der Waals surface area contributed by atoms with Gasteiger partial charge < -0.3 is 4.74 Å². The van der Waals surface area contributed by atoms with Crippen molar-refractivity contribution in [3.63, 3.8) is 0 Å². The van der Waals surface area contributed by atoms with E-state index in [1.807, 2.05) is 25.1 Å². The molecule has 0 spiro atoms. The first-order chi connectivity index (χ1) is 10.8. The normalized spacial score (nSPS) is 10.5. The Hall–Kier alpha value is -2.54. The summed E-state index contributed by atoms with van der Waals surface area (Å²) < 4.78 is 5.50. The van der Waals surface area contributed by atoms with E-state index < -0.39 is 0 Å². The second-order valence-corrected chi connectivity index (χ2v) is 5.35. The molecule has 0 saturated heterocycles. The first kappa shape index (κ1) is 14.4. The quantitative estimate of drug-likeness (QED) is 0.596. The van der Waals surface area contributed by atoms with Crippen molar-refractivity contribution in [1.29, 1.82) is 0 Å². The van der Waals surface area contributed by atoms with E-state index >= 15 is 0 Å². The fourth-order valence-corrected chi connectivity index (χ4v) is 2.70. The van der Waals surface area contributed by atoms with Crippen molar-refractivity contribution in [1.82, 2.24) is 0 Å². The number of ether oxygens (including phenoxy) is 1. The summed E-state index contributed by atoms with van der Waals surface area (Å²) in [6, 6.07) is 25.4. The minimum atomic E-state index is 0.699. The lowest BCUT2D eigenvalue weighted by Gasteiger charge is -2.10. The molecular weight excluding hydrogens is 268 g/mol. The topological polar surface area (TPSA) is 9.23 Å². The Bertz CT molecular complexity index is 743. The van der Waals surface area contributed by atoms with Gasteiger partial charge in [0, 0.05) is 0 Å². The third-order valence-electron chi connectivity index (χ3n) is 3.81. The zero-order valence-corrected chi connectivity index (χ0v) is 13.0. The third-order valence-corrected chi connectivity index (χ3v) is 3.81. The number of aryl methyl sites for hydroxylation is 1. The zero-order chi connectivity index (χ0) is 15.4. The molecule has 0 radical (unpaired) electrons. The number of hydrogen-bond acceptors (Lipinski definition) is 1. The van der Waals surface area contributed by atoms with Gasteiger partial charge in [-0.2, -0.15) is 0 Å². The predicted octanol–water partition coefficient (Wildman–Crippen LogP) is 5.73. The Labute approximate surface area is 132 Å². The van der Waals surface area contributed by atoms with Gasteiger partial charge in [-0.15, -0.1) is 0 Å². The molecule has 22 heavy (non-hydrogen) atoms. The van der Waals surface area contributed by atoms with Gasteiger partial charge in [-0.1, -0.05) is 60.7 Å². The second kappa shape index (κ2) is 6.48. The van der Waals surface area contributed by atoms with E-state index in [0.29, 0.717) is 6.61 Å². The third kappa shape index (κ3) is 3.04. The monoisotopic (exact) mass is 288 g/mol. The lowest BCUT2D eigenvalue weighted by Crippen LogP contribution is -1.91. The molecule has 0 aliphatic heterocycles. The van der Waals surface area contributed by atoms with Crippen LogP contribution in [-0.4, -0.2) is 6.61 Å². The molecule has 3 rings (SSSR count). The first-order valence-electron chi connectivity index (χ1n) is 7.67. The van der Waals surface area contributed by atoms with Gasteiger partial charge in [-0.3, -0.25) is 0 Å². The number of benzene rings is 3. The highest BCUT2D eigenvalue weighted by Gasteiger charge is 2.04. The molecule has 0 unspecified atom stereocenters. The van der Waals surface area contributed by atoms with Crippen molar-refractivity contribution in [3.8, 4) is 28.0 Å². The summed E-state index contributed by atoms with van der Waals surface area (Å²) in [5, 5.41) is 0. The van der Waals surface area contributed by atoms with E-state index in [-0.39, 0.29) is 0 Å². The molecule has 110 valence electrons. The van der Waals surface area contributed by atoms with Gasteiger partial charge in [0.15, 0.2) is 0 Å². The summed E-state index contributed by atoms with van der Waals surface area (Å²) >= 11 is 0. The smallest absolute Gasteiger partial charge is 0.119 e. The summed E-state index contributed by atoms with van der Waals surface area (Å²) in [5.41, 5.74) is 6.29. The molecule has 3 aromatic rings. The van der Waals surface area contributed by atoms with Crippen LogP contribution in [0.1, 0.15) is 12.5 Å². The van der Waals surface area contributed by atoms with Gasteiger partial charge in [-0.25, -0.2) is 0 Å². The number of rotatable bonds is 4. The predicted molar refractivity (Wildman–Crippen MR) is 93.2 cm³/mol. The molecule has 3 aromatic carbocycles. The molecule has 0 saturated carbocycles. The fourth-order valence-electron chi connectivity index (χ4n) is 2.70. The maximum absolute atomic E-state index is 5.50. The van der Waals surface area contributed by atoms with Crippen molar-refractivity contribution in [2.75, 3.05) is 6.61 Å². The minimum absolute atomic E-state index is 0.699. The molecule has 0 aliphatic carbocycles. The van der Waals surface area contributed by atoms with Crippen LogP contribution in [0.5, 0.6) is 5.75 Å². The maximum atomic E-state index is 5.50. The summed E-state index contributed by atoms with van der Waals surface area (Å²) in [7, 11) is 0. The molecule has 0 N–H and O–H groups in total. The van der Waals surface area contributed by atoms with Gasteiger partial charge in [0.25, 0.3) is 0 Å². The SMILES string of the molecule is CCOc1ccc(-c2ccc(-c3ccccc3)c(C)c2)cc1. The van der Waals surface area contributed by atoms with Crippen LogP contribution >= 0.6 is 0 Å². The van der Waals surface area contributed by atoms with Crippen LogP contribution in [0.25, 0.3) is 22.3 Å². The maximum Gasteiger partial charge on any atom is 0.119 e. The number of hydrogen-bond donors (Lipinski definition) is 0. The lowest BCUT2D eigenvalue weighted by molar-refractivity contribution is 0.340. The van der Waals surface area contributed by atoms with Crippen LogP contribution in [0.4, 0.5) is 0 Å². The van der Waals surface area contributed by atoms with Crippen molar-refractivity contribution >= 4 is 0 Å². The Kier molecular flexibility index (Phi) is 4.24. The van der Waals surface area contributed by atoms with Gasteiger partial charge in [0.05, 0.1) is 6.61 Å². The van der Waals surface area contributed by atoms with E-state index in [4.69, 9.17) is 4.74 Å². The Morgan fingerprint density at radius 2 is 1.41 bits per heavy atom. The van der Waals surface area contributed by atoms with Crippen LogP contribution in [0.15, 0.2) is 72.8 Å². The van der Waals surface area contributed by atoms with E-state index in [2.05, 4.69) is 61.5 Å². The van der Waals surface area contributed by atoms with Crippen LogP contribution in [-0.2, 0) is 0 Å². The highest BCUT2D eigenvalue weighted by atomic mass is 16.5. The van der Waals surface area contributed by atoms with Gasteiger partial charge in [0.1, 0.15) is 5.75 Å². The summed E-state index contributed by atoms with van der Waals surface area (Å²) in [5.74, 6) is 0.920. The molecule has 0 aromatic heterocycles. The molecule has 0 heterocycles.